The molecule has 0 bridgehead atoms. The molecular formula is C29H34O5. The van der Waals surface area contributed by atoms with Gasteiger partial charge in [0.2, 0.25) is 0 Å². The molecule has 2 aliphatic rings. The van der Waals surface area contributed by atoms with Crippen LogP contribution in [-0.2, 0) is 27.4 Å². The maximum absolute atomic E-state index is 13.3. The molecule has 2 aromatic rings. The number of hydrogen-bond acceptors (Lipinski definition) is 5. The second kappa shape index (κ2) is 10.6. The van der Waals surface area contributed by atoms with E-state index in [9.17, 15) is 14.7 Å². The van der Waals surface area contributed by atoms with Crippen LogP contribution in [-0.4, -0.2) is 28.9 Å². The minimum atomic E-state index is -1.07. The normalized spacial score (nSPS) is 27.6. The van der Waals surface area contributed by atoms with Gasteiger partial charge in [-0.25, -0.2) is 0 Å². The van der Waals surface area contributed by atoms with Crippen molar-refractivity contribution >= 4 is 12.1 Å². The number of aliphatic hydroxyl groups excluding tert-OH is 1. The lowest BCUT2D eigenvalue weighted by Crippen LogP contribution is -2.36. The van der Waals surface area contributed by atoms with E-state index in [1.165, 1.54) is 6.08 Å². The number of rotatable bonds is 9. The first-order valence-electron chi connectivity index (χ1n) is 12.2. The predicted octanol–water partition coefficient (Wildman–Crippen LogP) is 5.62. The molecule has 1 aliphatic carbocycles. The van der Waals surface area contributed by atoms with Gasteiger partial charge in [0, 0.05) is 11.8 Å². The summed E-state index contributed by atoms with van der Waals surface area (Å²) >= 11 is 0. The molecule has 4 rings (SSSR count). The number of hydrogen-bond donors (Lipinski definition) is 1. The van der Waals surface area contributed by atoms with Crippen molar-refractivity contribution in [2.75, 3.05) is 0 Å². The van der Waals surface area contributed by atoms with Crippen LogP contribution in [0.5, 0.6) is 5.75 Å². The molecule has 0 saturated heterocycles. The maximum atomic E-state index is 13.3. The molecule has 1 fully saturated rings. The first-order chi connectivity index (χ1) is 16.4. The van der Waals surface area contributed by atoms with Gasteiger partial charge in [-0.15, -0.1) is 0 Å². The van der Waals surface area contributed by atoms with Gasteiger partial charge in [-0.05, 0) is 67.9 Å². The van der Waals surface area contributed by atoms with Gasteiger partial charge in [-0.2, -0.15) is 0 Å². The van der Waals surface area contributed by atoms with E-state index in [1.807, 2.05) is 61.5 Å². The number of ether oxygens (including phenoxy) is 2. The topological polar surface area (TPSA) is 72.8 Å². The molecule has 1 saturated carbocycles. The Labute approximate surface area is 201 Å². The number of ketones is 1. The van der Waals surface area contributed by atoms with E-state index in [1.54, 1.807) is 6.92 Å². The van der Waals surface area contributed by atoms with Crippen LogP contribution in [0, 0.1) is 17.8 Å². The minimum absolute atomic E-state index is 0.0401. The first-order valence-corrected chi connectivity index (χ1v) is 12.2. The van der Waals surface area contributed by atoms with Gasteiger partial charge in [-0.3, -0.25) is 9.59 Å². The molecule has 0 radical (unpaired) electrons. The zero-order valence-electron chi connectivity index (χ0n) is 20.0. The van der Waals surface area contributed by atoms with Gasteiger partial charge in [0.25, 0.3) is 0 Å². The Morgan fingerprint density at radius 1 is 1.15 bits per heavy atom. The second-order valence-corrected chi connectivity index (χ2v) is 9.96. The lowest BCUT2D eigenvalue weighted by molar-refractivity contribution is -0.133. The second-order valence-electron chi connectivity index (χ2n) is 9.96. The number of benzene rings is 2. The van der Waals surface area contributed by atoms with E-state index in [-0.39, 0.29) is 29.3 Å². The monoisotopic (exact) mass is 462 g/mol. The summed E-state index contributed by atoms with van der Waals surface area (Å²) in [4.78, 5) is 24.6. The van der Waals surface area contributed by atoms with Crippen molar-refractivity contribution in [2.24, 2.45) is 17.8 Å². The van der Waals surface area contributed by atoms with Crippen molar-refractivity contribution in [3.05, 3.63) is 77.6 Å². The molecule has 5 atom stereocenters. The molecule has 2 aromatic carbocycles. The Kier molecular flexibility index (Phi) is 7.52. The summed E-state index contributed by atoms with van der Waals surface area (Å²) in [5.74, 6) is 1.13. The van der Waals surface area contributed by atoms with Crippen LogP contribution in [0.25, 0.3) is 0 Å². The highest BCUT2D eigenvalue weighted by Crippen LogP contribution is 2.40. The number of aliphatic hydroxyl groups is 1. The Balaban J connectivity index is 1.30. The molecule has 5 nitrogen and oxygen atoms in total. The SMILES string of the molecule is CC(Cc1ccc(OCc2ccccc2)cc1)C(=O)C1CCCC(C2OC(C)(C=O)C=C2O)C1. The van der Waals surface area contributed by atoms with Gasteiger partial charge >= 0.3 is 0 Å². The largest absolute Gasteiger partial charge is 0.510 e. The Morgan fingerprint density at radius 3 is 2.56 bits per heavy atom. The van der Waals surface area contributed by atoms with Crippen molar-refractivity contribution < 1.29 is 24.2 Å². The zero-order chi connectivity index (χ0) is 24.1. The number of carbonyl (C=O) groups is 2. The molecule has 180 valence electrons. The number of aldehydes is 1. The van der Waals surface area contributed by atoms with Crippen LogP contribution in [0.4, 0.5) is 0 Å². The van der Waals surface area contributed by atoms with E-state index in [2.05, 4.69) is 0 Å². The van der Waals surface area contributed by atoms with Crippen molar-refractivity contribution in [3.8, 4) is 5.75 Å². The smallest absolute Gasteiger partial charge is 0.155 e. The molecule has 1 N–H and O–H groups in total. The average molecular weight is 463 g/mol. The van der Waals surface area contributed by atoms with E-state index in [0.717, 1.165) is 42.4 Å². The molecule has 0 aromatic heterocycles. The van der Waals surface area contributed by atoms with Crippen LogP contribution in [0.3, 0.4) is 0 Å². The Bertz CT molecular complexity index is 1010. The molecule has 0 spiro atoms. The quantitative estimate of drug-likeness (QED) is 0.490. The molecule has 0 amide bonds. The summed E-state index contributed by atoms with van der Waals surface area (Å²) in [5.41, 5.74) is 1.16. The summed E-state index contributed by atoms with van der Waals surface area (Å²) in [7, 11) is 0. The lowest BCUT2D eigenvalue weighted by Gasteiger charge is -2.34. The molecule has 5 unspecified atom stereocenters. The average Bonchev–Trinajstić information content (AvgIpc) is 3.18. The summed E-state index contributed by atoms with van der Waals surface area (Å²) in [5, 5.41) is 10.3. The minimum Gasteiger partial charge on any atom is -0.510 e. The molecule has 1 heterocycles. The Hall–Kier alpha value is -2.92. The summed E-state index contributed by atoms with van der Waals surface area (Å²) in [6.45, 7) is 4.18. The highest BCUT2D eigenvalue weighted by Gasteiger charge is 2.43. The van der Waals surface area contributed by atoms with Gasteiger partial charge in [-0.1, -0.05) is 55.8 Å². The third-order valence-electron chi connectivity index (χ3n) is 7.09. The molecular weight excluding hydrogens is 428 g/mol. The Morgan fingerprint density at radius 2 is 1.88 bits per heavy atom. The molecule has 5 heteroatoms. The fourth-order valence-electron chi connectivity index (χ4n) is 5.22. The fourth-order valence-corrected chi connectivity index (χ4v) is 5.22. The van der Waals surface area contributed by atoms with Crippen molar-refractivity contribution in [1.29, 1.82) is 0 Å². The lowest BCUT2D eigenvalue weighted by atomic mass is 9.74. The van der Waals surface area contributed by atoms with Crippen LogP contribution in [0.15, 0.2) is 66.4 Å². The van der Waals surface area contributed by atoms with Gasteiger partial charge in [0.1, 0.15) is 35.6 Å². The molecule has 34 heavy (non-hydrogen) atoms. The standard InChI is InChI=1S/C29H34O5/c1-20(15-21-11-13-25(14-12-21)33-18-22-7-4-3-5-8-22)27(32)23-9-6-10-24(16-23)28-26(31)17-29(2,19-30)34-28/h3-5,7-8,11-14,17,19-20,23-24,28,31H,6,9-10,15-16,18H2,1-2H3. The van der Waals surface area contributed by atoms with E-state index >= 15 is 0 Å². The van der Waals surface area contributed by atoms with Crippen LogP contribution in [0.1, 0.15) is 50.7 Å². The number of carbonyl (C=O) groups excluding carboxylic acids is 2. The highest BCUT2D eigenvalue weighted by molar-refractivity contribution is 5.83. The van der Waals surface area contributed by atoms with E-state index in [0.29, 0.717) is 19.4 Å². The van der Waals surface area contributed by atoms with Gasteiger partial charge < -0.3 is 14.6 Å². The predicted molar refractivity (Wildman–Crippen MR) is 131 cm³/mol. The van der Waals surface area contributed by atoms with Crippen molar-refractivity contribution in [1.82, 2.24) is 0 Å². The summed E-state index contributed by atoms with van der Waals surface area (Å²) in [6.07, 6.45) is 5.77. The zero-order valence-corrected chi connectivity index (χ0v) is 20.0. The van der Waals surface area contributed by atoms with Gasteiger partial charge in [0.15, 0.2) is 6.29 Å². The first kappa shape index (κ1) is 24.2. The number of Topliss-reactive ketones (excluding diaryl/α,β-unsaturated/α-hetero) is 1. The molecule has 1 aliphatic heterocycles. The maximum Gasteiger partial charge on any atom is 0.155 e. The van der Waals surface area contributed by atoms with Crippen molar-refractivity contribution in [3.63, 3.8) is 0 Å². The summed E-state index contributed by atoms with van der Waals surface area (Å²) < 4.78 is 11.7. The third-order valence-corrected chi connectivity index (χ3v) is 7.09. The third kappa shape index (κ3) is 5.76. The van der Waals surface area contributed by atoms with Gasteiger partial charge in [0.05, 0.1) is 0 Å². The van der Waals surface area contributed by atoms with Crippen LogP contribution in [0.2, 0.25) is 0 Å². The van der Waals surface area contributed by atoms with Crippen LogP contribution >= 0.6 is 0 Å². The van der Waals surface area contributed by atoms with Crippen molar-refractivity contribution in [2.45, 2.75) is 64.3 Å². The fraction of sp³-hybridized carbons (Fsp3) is 0.448. The summed E-state index contributed by atoms with van der Waals surface area (Å²) in [6, 6.07) is 18.0. The highest BCUT2D eigenvalue weighted by atomic mass is 16.5. The van der Waals surface area contributed by atoms with E-state index < -0.39 is 11.7 Å². The van der Waals surface area contributed by atoms with E-state index in [4.69, 9.17) is 9.47 Å². The van der Waals surface area contributed by atoms with Crippen LogP contribution < -0.4 is 4.74 Å².